The molecule has 53 valence electrons. The van der Waals surface area contributed by atoms with Crippen molar-refractivity contribution in [3.8, 4) is 5.88 Å². The molecule has 0 aliphatic rings. The second-order valence-corrected chi connectivity index (χ2v) is 1.72. The van der Waals surface area contributed by atoms with Gasteiger partial charge in [-0.25, -0.2) is 10.1 Å². The monoisotopic (exact) mass is 138 g/mol. The van der Waals surface area contributed by atoms with Crippen LogP contribution in [-0.4, -0.2) is 18.2 Å². The maximum Gasteiger partial charge on any atom is 0.213 e. The summed E-state index contributed by atoms with van der Waals surface area (Å²) in [4.78, 5) is 3.86. The van der Waals surface area contributed by atoms with Crippen molar-refractivity contribution in [1.82, 2.24) is 4.98 Å². The summed E-state index contributed by atoms with van der Waals surface area (Å²) >= 11 is 0. The summed E-state index contributed by atoms with van der Waals surface area (Å²) in [6.45, 7) is -0.0341. The van der Waals surface area contributed by atoms with Gasteiger partial charge in [0, 0.05) is 12.3 Å². The molecular weight excluding hydrogens is 130 g/mol. The van der Waals surface area contributed by atoms with Gasteiger partial charge in [-0.3, -0.25) is 0 Å². The van der Waals surface area contributed by atoms with Crippen molar-refractivity contribution in [3.05, 3.63) is 24.4 Å². The minimum atomic E-state index is -0.226. The third-order valence-corrected chi connectivity index (χ3v) is 0.971. The summed E-state index contributed by atoms with van der Waals surface area (Å²) in [5.74, 6) is 0.512. The van der Waals surface area contributed by atoms with E-state index in [1.807, 2.05) is 6.07 Å². The molecule has 0 saturated heterocycles. The van der Waals surface area contributed by atoms with Gasteiger partial charge in [-0.05, 0) is 6.07 Å². The summed E-state index contributed by atoms with van der Waals surface area (Å²) in [5.41, 5.74) is 0. The molecular formula is C7H8NO2. The molecule has 0 fully saturated rings. The molecule has 0 atom stereocenters. The predicted molar refractivity (Wildman–Crippen MR) is 35.3 cm³/mol. The highest BCUT2D eigenvalue weighted by Gasteiger charge is 1.89. The van der Waals surface area contributed by atoms with E-state index in [9.17, 15) is 5.11 Å². The lowest BCUT2D eigenvalue weighted by Gasteiger charge is -1.99. The maximum atomic E-state index is 9.95. The Hall–Kier alpha value is -1.09. The summed E-state index contributed by atoms with van der Waals surface area (Å²) in [6, 6.07) is 5.33. The van der Waals surface area contributed by atoms with Gasteiger partial charge in [0.15, 0.2) is 0 Å². The Morgan fingerprint density at radius 2 is 2.40 bits per heavy atom. The zero-order valence-corrected chi connectivity index (χ0v) is 5.49. The van der Waals surface area contributed by atoms with Gasteiger partial charge < -0.3 is 4.74 Å². The Kier molecular flexibility index (Phi) is 2.70. The molecule has 0 aliphatic carbocycles. The number of hydrogen-bond donors (Lipinski definition) is 0. The molecule has 1 radical (unpaired) electrons. The molecule has 1 aromatic heterocycles. The molecule has 0 amide bonds. The summed E-state index contributed by atoms with van der Waals surface area (Å²) in [7, 11) is 0. The number of rotatable bonds is 3. The minimum Gasteiger partial charge on any atom is -0.475 e. The van der Waals surface area contributed by atoms with Crippen molar-refractivity contribution in [2.75, 3.05) is 13.2 Å². The fraction of sp³-hybridized carbons (Fsp3) is 0.286. The van der Waals surface area contributed by atoms with E-state index in [2.05, 4.69) is 4.98 Å². The molecule has 0 unspecified atom stereocenters. The fourth-order valence-electron chi connectivity index (χ4n) is 0.579. The third-order valence-electron chi connectivity index (χ3n) is 0.971. The zero-order valence-electron chi connectivity index (χ0n) is 5.49. The maximum absolute atomic E-state index is 9.95. The van der Waals surface area contributed by atoms with Gasteiger partial charge in [0.25, 0.3) is 0 Å². The first-order valence-electron chi connectivity index (χ1n) is 3.05. The molecule has 1 rings (SSSR count). The summed E-state index contributed by atoms with van der Waals surface area (Å²) in [5, 5.41) is 9.95. The largest absolute Gasteiger partial charge is 0.475 e. The second kappa shape index (κ2) is 3.85. The van der Waals surface area contributed by atoms with Gasteiger partial charge in [-0.2, -0.15) is 0 Å². The first-order valence-corrected chi connectivity index (χ1v) is 3.05. The van der Waals surface area contributed by atoms with Gasteiger partial charge in [-0.1, -0.05) is 6.07 Å². The normalized spacial score (nSPS) is 9.30. The molecule has 3 heteroatoms. The number of ether oxygens (including phenoxy) is 1. The van der Waals surface area contributed by atoms with Crippen LogP contribution >= 0.6 is 0 Å². The Balaban J connectivity index is 2.43. The lowest BCUT2D eigenvalue weighted by Crippen LogP contribution is -2.01. The van der Waals surface area contributed by atoms with Gasteiger partial charge >= 0.3 is 0 Å². The number of hydrogen-bond acceptors (Lipinski definition) is 2. The average molecular weight is 138 g/mol. The molecule has 0 aromatic carbocycles. The predicted octanol–water partition coefficient (Wildman–Crippen LogP) is 0.891. The fourth-order valence-corrected chi connectivity index (χ4v) is 0.579. The van der Waals surface area contributed by atoms with Crippen molar-refractivity contribution in [1.29, 1.82) is 0 Å². The van der Waals surface area contributed by atoms with E-state index in [0.717, 1.165) is 0 Å². The van der Waals surface area contributed by atoms with Crippen molar-refractivity contribution >= 4 is 0 Å². The van der Waals surface area contributed by atoms with Gasteiger partial charge in [0.1, 0.15) is 13.2 Å². The van der Waals surface area contributed by atoms with Crippen molar-refractivity contribution in [2.45, 2.75) is 0 Å². The number of pyridine rings is 1. The summed E-state index contributed by atoms with van der Waals surface area (Å²) in [6.07, 6.45) is 1.63. The smallest absolute Gasteiger partial charge is 0.213 e. The Labute approximate surface area is 59.3 Å². The van der Waals surface area contributed by atoms with Crippen LogP contribution in [0.3, 0.4) is 0 Å². The van der Waals surface area contributed by atoms with Crippen molar-refractivity contribution in [3.63, 3.8) is 0 Å². The van der Waals surface area contributed by atoms with E-state index in [1.54, 1.807) is 18.3 Å². The molecule has 1 aromatic rings. The molecule has 0 spiro atoms. The van der Waals surface area contributed by atoms with Crippen LogP contribution in [0.5, 0.6) is 5.88 Å². The van der Waals surface area contributed by atoms with Gasteiger partial charge in [-0.15, -0.1) is 0 Å². The third kappa shape index (κ3) is 2.03. The van der Waals surface area contributed by atoms with Crippen LogP contribution in [0.25, 0.3) is 0 Å². The van der Waals surface area contributed by atoms with Crippen molar-refractivity contribution in [2.24, 2.45) is 0 Å². The second-order valence-electron chi connectivity index (χ2n) is 1.72. The zero-order chi connectivity index (χ0) is 7.23. The van der Waals surface area contributed by atoms with Crippen LogP contribution in [-0.2, 0) is 5.11 Å². The van der Waals surface area contributed by atoms with Crippen LogP contribution in [0.2, 0.25) is 0 Å². The molecule has 0 saturated carbocycles. The molecule has 10 heavy (non-hydrogen) atoms. The molecule has 0 N–H and O–H groups in total. The van der Waals surface area contributed by atoms with E-state index in [-0.39, 0.29) is 13.2 Å². The molecule has 0 bridgehead atoms. The van der Waals surface area contributed by atoms with E-state index in [4.69, 9.17) is 4.74 Å². The molecule has 0 aliphatic heterocycles. The average Bonchev–Trinajstić information content (AvgIpc) is 2.03. The van der Waals surface area contributed by atoms with Crippen LogP contribution in [0.4, 0.5) is 0 Å². The van der Waals surface area contributed by atoms with Crippen LogP contribution in [0.15, 0.2) is 24.4 Å². The van der Waals surface area contributed by atoms with E-state index in [0.29, 0.717) is 5.88 Å². The number of nitrogens with zero attached hydrogens (tertiary/aromatic N) is 1. The Morgan fingerprint density at radius 3 is 3.00 bits per heavy atom. The lowest BCUT2D eigenvalue weighted by atomic mass is 10.5. The van der Waals surface area contributed by atoms with Crippen LogP contribution < -0.4 is 4.74 Å². The Bertz CT molecular complexity index is 176. The van der Waals surface area contributed by atoms with Crippen LogP contribution in [0, 0.1) is 0 Å². The molecule has 3 nitrogen and oxygen atoms in total. The van der Waals surface area contributed by atoms with Gasteiger partial charge in [0.05, 0.1) is 0 Å². The van der Waals surface area contributed by atoms with Crippen molar-refractivity contribution < 1.29 is 9.84 Å². The lowest BCUT2D eigenvalue weighted by molar-refractivity contribution is 0.135. The SMILES string of the molecule is [O]CCOc1ccccn1. The van der Waals surface area contributed by atoms with E-state index in [1.165, 1.54) is 0 Å². The topological polar surface area (TPSA) is 42.0 Å². The summed E-state index contributed by atoms with van der Waals surface area (Å²) < 4.78 is 4.93. The highest BCUT2D eigenvalue weighted by atomic mass is 16.5. The quantitative estimate of drug-likeness (QED) is 0.622. The first kappa shape index (κ1) is 7.02. The van der Waals surface area contributed by atoms with Gasteiger partial charge in [0.2, 0.25) is 5.88 Å². The highest BCUT2D eigenvalue weighted by Crippen LogP contribution is 2.01. The standard InChI is InChI=1S/C7H8NO2/c9-5-6-10-7-3-1-2-4-8-7/h1-4H,5-6H2. The van der Waals surface area contributed by atoms with E-state index >= 15 is 0 Å². The highest BCUT2D eigenvalue weighted by molar-refractivity contribution is 5.08. The first-order chi connectivity index (χ1) is 4.93. The Morgan fingerprint density at radius 1 is 1.50 bits per heavy atom. The molecule has 1 heterocycles. The van der Waals surface area contributed by atoms with E-state index < -0.39 is 0 Å². The minimum absolute atomic E-state index is 0.191. The van der Waals surface area contributed by atoms with Crippen LogP contribution in [0.1, 0.15) is 0 Å². The number of aromatic nitrogens is 1.